The summed E-state index contributed by atoms with van der Waals surface area (Å²) < 4.78 is 10.8. The Morgan fingerprint density at radius 2 is 1.80 bits per heavy atom. The van der Waals surface area contributed by atoms with Crippen LogP contribution in [0.3, 0.4) is 0 Å². The molecule has 0 saturated heterocycles. The van der Waals surface area contributed by atoms with Gasteiger partial charge in [-0.1, -0.05) is 19.8 Å². The normalized spacial score (nSPS) is 16.6. The van der Waals surface area contributed by atoms with Crippen LogP contribution in [0.15, 0.2) is 17.1 Å². The van der Waals surface area contributed by atoms with E-state index in [-0.39, 0.29) is 0 Å². The highest BCUT2D eigenvalue weighted by molar-refractivity contribution is 5.51. The van der Waals surface area contributed by atoms with Gasteiger partial charge in [0.05, 0.1) is 19.8 Å². The molecule has 1 aliphatic carbocycles. The summed E-state index contributed by atoms with van der Waals surface area (Å²) in [6, 6.07) is 3.97. The van der Waals surface area contributed by atoms with Crippen molar-refractivity contribution in [3.63, 3.8) is 0 Å². The Morgan fingerprint density at radius 3 is 2.30 bits per heavy atom. The minimum absolute atomic E-state index is 0.424. The third kappa shape index (κ3) is 2.44. The lowest BCUT2D eigenvalue weighted by atomic mass is 9.84. The number of aliphatic imine (C=N–C) groups is 1. The lowest BCUT2D eigenvalue weighted by Crippen LogP contribution is -2.21. The van der Waals surface area contributed by atoms with Crippen molar-refractivity contribution in [1.29, 1.82) is 0 Å². The van der Waals surface area contributed by atoms with Gasteiger partial charge < -0.3 is 9.47 Å². The lowest BCUT2D eigenvalue weighted by Gasteiger charge is -2.27. The van der Waals surface area contributed by atoms with Gasteiger partial charge >= 0.3 is 0 Å². The van der Waals surface area contributed by atoms with Gasteiger partial charge in [0, 0.05) is 0 Å². The van der Waals surface area contributed by atoms with E-state index in [4.69, 9.17) is 9.47 Å². The third-order valence-corrected chi connectivity index (χ3v) is 4.18. The molecule has 1 aliphatic rings. The Hall–Kier alpha value is -1.80. The van der Waals surface area contributed by atoms with Crippen LogP contribution in [0.25, 0.3) is 0 Å². The van der Waals surface area contributed by atoms with Crippen molar-refractivity contribution < 1.29 is 14.3 Å². The molecule has 0 atom stereocenters. The first-order valence-corrected chi connectivity index (χ1v) is 7.05. The van der Waals surface area contributed by atoms with Crippen LogP contribution in [0.2, 0.25) is 0 Å². The summed E-state index contributed by atoms with van der Waals surface area (Å²) in [5, 5.41) is 0. The summed E-state index contributed by atoms with van der Waals surface area (Å²) in [5.41, 5.74) is 1.81. The van der Waals surface area contributed by atoms with E-state index in [2.05, 4.69) is 11.9 Å². The van der Waals surface area contributed by atoms with Crippen LogP contribution in [0.4, 0.5) is 0 Å². The maximum absolute atomic E-state index is 10.9. The van der Waals surface area contributed by atoms with E-state index in [0.29, 0.717) is 5.75 Å². The van der Waals surface area contributed by atoms with Gasteiger partial charge in [0.2, 0.25) is 6.08 Å². The smallest absolute Gasteiger partial charge is 0.235 e. The van der Waals surface area contributed by atoms with Crippen LogP contribution in [-0.4, -0.2) is 20.3 Å². The fourth-order valence-corrected chi connectivity index (χ4v) is 3.14. The number of benzene rings is 1. The predicted octanol–water partition coefficient (Wildman–Crippen LogP) is 3.37. The molecule has 108 valence electrons. The zero-order valence-corrected chi connectivity index (χ0v) is 12.4. The molecule has 4 nitrogen and oxygen atoms in total. The fourth-order valence-electron chi connectivity index (χ4n) is 3.14. The topological polar surface area (TPSA) is 47.9 Å². The van der Waals surface area contributed by atoms with E-state index < -0.39 is 5.54 Å². The second-order valence-electron chi connectivity index (χ2n) is 5.16. The standard InChI is InChI=1S/C16H21NO3/c1-4-12-9-14(19-2)15(20-3)10-13(12)16(17-11-18)7-5-6-8-16/h9-10H,4-8H2,1-3H3. The zero-order valence-electron chi connectivity index (χ0n) is 12.4. The quantitative estimate of drug-likeness (QED) is 0.611. The monoisotopic (exact) mass is 275 g/mol. The molecule has 1 fully saturated rings. The molecule has 0 aliphatic heterocycles. The molecular formula is C16H21NO3. The highest BCUT2D eigenvalue weighted by Crippen LogP contribution is 2.46. The molecule has 0 radical (unpaired) electrons. The molecule has 1 aromatic carbocycles. The summed E-state index contributed by atoms with van der Waals surface area (Å²) in [5.74, 6) is 1.41. The van der Waals surface area contributed by atoms with Crippen molar-refractivity contribution >= 4 is 6.08 Å². The summed E-state index contributed by atoms with van der Waals surface area (Å²) in [7, 11) is 3.25. The minimum atomic E-state index is -0.424. The van der Waals surface area contributed by atoms with Crippen LogP contribution < -0.4 is 9.47 Å². The van der Waals surface area contributed by atoms with Crippen molar-refractivity contribution in [3.8, 4) is 11.5 Å². The number of methoxy groups -OCH3 is 2. The van der Waals surface area contributed by atoms with Crippen LogP contribution in [0.1, 0.15) is 43.7 Å². The first-order valence-electron chi connectivity index (χ1n) is 7.05. The number of aryl methyl sites for hydroxylation is 1. The lowest BCUT2D eigenvalue weighted by molar-refractivity contribution is 0.351. The van der Waals surface area contributed by atoms with Crippen molar-refractivity contribution in [1.82, 2.24) is 0 Å². The number of rotatable bonds is 5. The van der Waals surface area contributed by atoms with E-state index in [1.165, 1.54) is 0 Å². The van der Waals surface area contributed by atoms with E-state index in [1.807, 2.05) is 12.1 Å². The molecule has 1 aromatic rings. The third-order valence-electron chi connectivity index (χ3n) is 4.18. The van der Waals surface area contributed by atoms with Gasteiger partial charge in [-0.25, -0.2) is 4.79 Å². The van der Waals surface area contributed by atoms with E-state index >= 15 is 0 Å². The molecule has 0 spiro atoms. The van der Waals surface area contributed by atoms with Gasteiger partial charge in [-0.05, 0) is 42.5 Å². The van der Waals surface area contributed by atoms with E-state index in [0.717, 1.165) is 49.0 Å². The molecule has 0 aromatic heterocycles. The Kier molecular flexibility index (Phi) is 4.46. The number of hydrogen-bond acceptors (Lipinski definition) is 4. The van der Waals surface area contributed by atoms with Crippen molar-refractivity contribution in [2.75, 3.05) is 14.2 Å². The molecule has 0 unspecified atom stereocenters. The number of isocyanates is 1. The highest BCUT2D eigenvalue weighted by atomic mass is 16.5. The predicted molar refractivity (Wildman–Crippen MR) is 77.2 cm³/mol. The number of nitrogens with zero attached hydrogens (tertiary/aromatic N) is 1. The SMILES string of the molecule is CCc1cc(OC)c(OC)cc1C1(N=C=O)CCCC1. The maximum atomic E-state index is 10.9. The molecule has 0 bridgehead atoms. The molecule has 20 heavy (non-hydrogen) atoms. The van der Waals surface area contributed by atoms with Gasteiger partial charge in [0.1, 0.15) is 0 Å². The Balaban J connectivity index is 2.61. The Bertz CT molecular complexity index is 527. The second-order valence-corrected chi connectivity index (χ2v) is 5.16. The molecule has 0 amide bonds. The van der Waals surface area contributed by atoms with Crippen LogP contribution in [0, 0.1) is 0 Å². The molecule has 2 rings (SSSR count). The highest BCUT2D eigenvalue weighted by Gasteiger charge is 2.37. The Morgan fingerprint density at radius 1 is 1.20 bits per heavy atom. The maximum Gasteiger partial charge on any atom is 0.235 e. The first kappa shape index (κ1) is 14.6. The summed E-state index contributed by atoms with van der Waals surface area (Å²) >= 11 is 0. The second kappa shape index (κ2) is 6.10. The summed E-state index contributed by atoms with van der Waals surface area (Å²) in [6.07, 6.45) is 6.60. The number of ether oxygens (including phenoxy) is 2. The fraction of sp³-hybridized carbons (Fsp3) is 0.562. The average Bonchev–Trinajstić information content (AvgIpc) is 2.95. The Labute approximate surface area is 119 Å². The van der Waals surface area contributed by atoms with Crippen LogP contribution in [-0.2, 0) is 16.8 Å². The van der Waals surface area contributed by atoms with E-state index in [1.54, 1.807) is 20.3 Å². The minimum Gasteiger partial charge on any atom is -0.493 e. The zero-order chi connectivity index (χ0) is 14.6. The number of carbonyl (C=O) groups excluding carboxylic acids is 1. The van der Waals surface area contributed by atoms with Crippen LogP contribution >= 0.6 is 0 Å². The van der Waals surface area contributed by atoms with E-state index in [9.17, 15) is 4.79 Å². The molecule has 4 heteroatoms. The summed E-state index contributed by atoms with van der Waals surface area (Å²) in [4.78, 5) is 15.0. The van der Waals surface area contributed by atoms with Gasteiger partial charge in [-0.15, -0.1) is 0 Å². The molecular weight excluding hydrogens is 254 g/mol. The van der Waals surface area contributed by atoms with Crippen molar-refractivity contribution in [3.05, 3.63) is 23.3 Å². The number of hydrogen-bond donors (Lipinski definition) is 0. The first-order chi connectivity index (χ1) is 9.70. The van der Waals surface area contributed by atoms with Crippen molar-refractivity contribution in [2.45, 2.75) is 44.6 Å². The van der Waals surface area contributed by atoms with Gasteiger partial charge in [0.25, 0.3) is 0 Å². The largest absolute Gasteiger partial charge is 0.493 e. The van der Waals surface area contributed by atoms with Crippen molar-refractivity contribution in [2.24, 2.45) is 4.99 Å². The molecule has 0 N–H and O–H groups in total. The van der Waals surface area contributed by atoms with Gasteiger partial charge in [-0.2, -0.15) is 4.99 Å². The molecule has 0 heterocycles. The average molecular weight is 275 g/mol. The van der Waals surface area contributed by atoms with Gasteiger partial charge in [-0.3, -0.25) is 0 Å². The summed E-state index contributed by atoms with van der Waals surface area (Å²) in [6.45, 7) is 2.10. The van der Waals surface area contributed by atoms with Gasteiger partial charge in [0.15, 0.2) is 11.5 Å². The molecule has 1 saturated carbocycles. The van der Waals surface area contributed by atoms with Crippen LogP contribution in [0.5, 0.6) is 11.5 Å².